The van der Waals surface area contributed by atoms with Gasteiger partial charge in [0.15, 0.2) is 0 Å². The molecule has 0 aromatic carbocycles. The Morgan fingerprint density at radius 2 is 2.14 bits per heavy atom. The fourth-order valence-electron chi connectivity index (χ4n) is 3.90. The van der Waals surface area contributed by atoms with Crippen molar-refractivity contribution in [3.05, 3.63) is 22.4 Å². The zero-order valence-corrected chi connectivity index (χ0v) is 14.1. The quantitative estimate of drug-likeness (QED) is 0.923. The molecule has 122 valence electrons. The van der Waals surface area contributed by atoms with E-state index in [9.17, 15) is 9.90 Å². The van der Waals surface area contributed by atoms with Crippen molar-refractivity contribution in [3.8, 4) is 0 Å². The predicted molar refractivity (Wildman–Crippen MR) is 89.0 cm³/mol. The average Bonchev–Trinajstić information content (AvgIpc) is 3.20. The fraction of sp³-hybridized carbons (Fsp3) is 0.706. The van der Waals surface area contributed by atoms with Gasteiger partial charge in [-0.05, 0) is 56.6 Å². The molecular weight excluding hydrogens is 296 g/mol. The molecule has 3 rings (SSSR count). The SMILES string of the molecule is CN(C(=O)Cc1cccs1)[C@@H]1CCC[C@@H](N2CCCC2)[C@@H]1O. The van der Waals surface area contributed by atoms with Crippen LogP contribution in [0.3, 0.4) is 0 Å². The Hall–Kier alpha value is -0.910. The number of carbonyl (C=O) groups is 1. The highest BCUT2D eigenvalue weighted by atomic mass is 32.1. The van der Waals surface area contributed by atoms with Gasteiger partial charge in [0.25, 0.3) is 0 Å². The maximum Gasteiger partial charge on any atom is 0.227 e. The third-order valence-corrected chi connectivity index (χ3v) is 6.07. The van der Waals surface area contributed by atoms with Crippen molar-refractivity contribution in [2.45, 2.75) is 56.7 Å². The van der Waals surface area contributed by atoms with Crippen molar-refractivity contribution >= 4 is 17.2 Å². The maximum atomic E-state index is 12.5. The predicted octanol–water partition coefficient (Wildman–Crippen LogP) is 2.13. The van der Waals surface area contributed by atoms with Crippen LogP contribution in [0, 0.1) is 0 Å². The van der Waals surface area contributed by atoms with Gasteiger partial charge >= 0.3 is 0 Å². The number of likely N-dealkylation sites (tertiary alicyclic amines) is 1. The van der Waals surface area contributed by atoms with Crippen LogP contribution in [0.1, 0.15) is 37.0 Å². The van der Waals surface area contributed by atoms with Gasteiger partial charge in [0.1, 0.15) is 0 Å². The molecule has 3 atom stereocenters. The van der Waals surface area contributed by atoms with E-state index in [4.69, 9.17) is 0 Å². The van der Waals surface area contributed by atoms with Gasteiger partial charge in [-0.25, -0.2) is 0 Å². The van der Waals surface area contributed by atoms with Gasteiger partial charge in [-0.15, -0.1) is 11.3 Å². The molecule has 1 amide bonds. The smallest absolute Gasteiger partial charge is 0.227 e. The summed E-state index contributed by atoms with van der Waals surface area (Å²) in [6.45, 7) is 2.20. The van der Waals surface area contributed by atoms with Gasteiger partial charge in [0, 0.05) is 18.0 Å². The van der Waals surface area contributed by atoms with Crippen LogP contribution in [-0.4, -0.2) is 59.1 Å². The van der Waals surface area contributed by atoms with E-state index in [1.165, 1.54) is 12.8 Å². The van der Waals surface area contributed by atoms with Crippen LogP contribution in [0.5, 0.6) is 0 Å². The lowest BCUT2D eigenvalue weighted by atomic mass is 9.86. The largest absolute Gasteiger partial charge is 0.389 e. The van der Waals surface area contributed by atoms with E-state index in [0.29, 0.717) is 6.42 Å². The normalized spacial score (nSPS) is 29.6. The van der Waals surface area contributed by atoms with E-state index in [0.717, 1.165) is 37.2 Å². The minimum Gasteiger partial charge on any atom is -0.389 e. The average molecular weight is 322 g/mol. The molecule has 2 aliphatic rings. The molecule has 1 saturated heterocycles. The molecule has 1 N–H and O–H groups in total. The topological polar surface area (TPSA) is 43.8 Å². The summed E-state index contributed by atoms with van der Waals surface area (Å²) < 4.78 is 0. The number of nitrogens with zero attached hydrogens (tertiary/aromatic N) is 2. The van der Waals surface area contributed by atoms with E-state index >= 15 is 0 Å². The first-order valence-electron chi connectivity index (χ1n) is 8.37. The van der Waals surface area contributed by atoms with Crippen molar-refractivity contribution in [2.24, 2.45) is 0 Å². The van der Waals surface area contributed by atoms with Crippen molar-refractivity contribution < 1.29 is 9.90 Å². The highest BCUT2D eigenvalue weighted by Crippen LogP contribution is 2.29. The van der Waals surface area contributed by atoms with Crippen LogP contribution < -0.4 is 0 Å². The van der Waals surface area contributed by atoms with Crippen LogP contribution in [-0.2, 0) is 11.2 Å². The summed E-state index contributed by atoms with van der Waals surface area (Å²) in [6, 6.07) is 4.18. The summed E-state index contributed by atoms with van der Waals surface area (Å²) in [5.74, 6) is 0.119. The Labute approximate surface area is 136 Å². The molecule has 5 heteroatoms. The number of rotatable bonds is 4. The summed E-state index contributed by atoms with van der Waals surface area (Å²) >= 11 is 1.62. The lowest BCUT2D eigenvalue weighted by molar-refractivity contribution is -0.136. The zero-order valence-electron chi connectivity index (χ0n) is 13.3. The molecule has 1 aromatic rings. The number of aliphatic hydroxyl groups excluding tert-OH is 1. The molecule has 1 aromatic heterocycles. The van der Waals surface area contributed by atoms with Crippen molar-refractivity contribution in [1.82, 2.24) is 9.80 Å². The van der Waals surface area contributed by atoms with Crippen molar-refractivity contribution in [2.75, 3.05) is 20.1 Å². The van der Waals surface area contributed by atoms with E-state index < -0.39 is 6.10 Å². The first-order chi connectivity index (χ1) is 10.7. The Bertz CT molecular complexity index is 485. The minimum absolute atomic E-state index is 0.0354. The second-order valence-corrected chi connectivity index (χ2v) is 7.59. The lowest BCUT2D eigenvalue weighted by Crippen LogP contribution is -2.56. The summed E-state index contributed by atoms with van der Waals surface area (Å²) in [5.41, 5.74) is 0. The number of amides is 1. The first kappa shape index (κ1) is 16.0. The molecule has 2 fully saturated rings. The van der Waals surface area contributed by atoms with Gasteiger partial charge in [-0.2, -0.15) is 0 Å². The minimum atomic E-state index is -0.413. The zero-order chi connectivity index (χ0) is 15.5. The highest BCUT2D eigenvalue weighted by Gasteiger charge is 2.39. The Balaban J connectivity index is 1.63. The summed E-state index contributed by atoms with van der Waals surface area (Å²) in [6.07, 6.45) is 5.58. The highest BCUT2D eigenvalue weighted by molar-refractivity contribution is 7.10. The number of hydrogen-bond acceptors (Lipinski definition) is 4. The van der Waals surface area contributed by atoms with Crippen LogP contribution in [0.2, 0.25) is 0 Å². The van der Waals surface area contributed by atoms with E-state index in [1.54, 1.807) is 16.2 Å². The summed E-state index contributed by atoms with van der Waals surface area (Å²) in [4.78, 5) is 17.8. The first-order valence-corrected chi connectivity index (χ1v) is 9.25. The van der Waals surface area contributed by atoms with Gasteiger partial charge in [-0.1, -0.05) is 6.07 Å². The van der Waals surface area contributed by atoms with E-state index in [-0.39, 0.29) is 18.0 Å². The Kier molecular flexibility index (Phi) is 5.16. The van der Waals surface area contributed by atoms with Crippen LogP contribution in [0.25, 0.3) is 0 Å². The molecule has 0 spiro atoms. The maximum absolute atomic E-state index is 12.5. The third kappa shape index (κ3) is 3.36. The second-order valence-electron chi connectivity index (χ2n) is 6.56. The monoisotopic (exact) mass is 322 g/mol. The molecule has 1 aliphatic carbocycles. The number of likely N-dealkylation sites (N-methyl/N-ethyl adjacent to an activating group) is 1. The van der Waals surface area contributed by atoms with Gasteiger partial charge in [0.2, 0.25) is 5.91 Å². The number of carbonyl (C=O) groups excluding carboxylic acids is 1. The molecular formula is C17H26N2O2S. The van der Waals surface area contributed by atoms with Crippen molar-refractivity contribution in [1.29, 1.82) is 0 Å². The fourth-order valence-corrected chi connectivity index (χ4v) is 4.60. The standard InChI is InChI=1S/C17H26N2O2S/c1-18(16(20)12-13-6-5-11-22-13)14-7-4-8-15(17(14)21)19-9-2-3-10-19/h5-6,11,14-15,17,21H,2-4,7-10,12H2,1H3/t14-,15-,17-/m1/s1. The molecule has 1 saturated carbocycles. The van der Waals surface area contributed by atoms with Gasteiger partial charge in [-0.3, -0.25) is 9.69 Å². The summed E-state index contributed by atoms with van der Waals surface area (Å²) in [7, 11) is 1.86. The second kappa shape index (κ2) is 7.11. The Morgan fingerprint density at radius 1 is 1.36 bits per heavy atom. The molecule has 1 aliphatic heterocycles. The Morgan fingerprint density at radius 3 is 2.82 bits per heavy atom. The molecule has 22 heavy (non-hydrogen) atoms. The molecule has 0 unspecified atom stereocenters. The molecule has 0 bridgehead atoms. The molecule has 2 heterocycles. The molecule has 0 radical (unpaired) electrons. The van der Waals surface area contributed by atoms with Crippen molar-refractivity contribution in [3.63, 3.8) is 0 Å². The van der Waals surface area contributed by atoms with Crippen LogP contribution in [0.4, 0.5) is 0 Å². The van der Waals surface area contributed by atoms with E-state index in [1.807, 2.05) is 24.6 Å². The van der Waals surface area contributed by atoms with Gasteiger partial charge in [0.05, 0.1) is 18.6 Å². The van der Waals surface area contributed by atoms with Gasteiger partial charge < -0.3 is 10.0 Å². The number of hydrogen-bond donors (Lipinski definition) is 1. The van der Waals surface area contributed by atoms with Crippen LogP contribution in [0.15, 0.2) is 17.5 Å². The number of thiophene rings is 1. The lowest BCUT2D eigenvalue weighted by Gasteiger charge is -2.43. The summed E-state index contributed by atoms with van der Waals surface area (Å²) in [5, 5.41) is 12.8. The third-order valence-electron chi connectivity index (χ3n) is 5.19. The molecule has 4 nitrogen and oxygen atoms in total. The van der Waals surface area contributed by atoms with Crippen LogP contribution >= 0.6 is 11.3 Å². The number of aliphatic hydroxyl groups is 1. The van der Waals surface area contributed by atoms with E-state index in [2.05, 4.69) is 4.90 Å².